The first-order valence-electron chi connectivity index (χ1n) is 8.97. The van der Waals surface area contributed by atoms with Crippen LogP contribution in [0.5, 0.6) is 11.5 Å². The summed E-state index contributed by atoms with van der Waals surface area (Å²) in [5.74, 6) is -1.17. The zero-order valence-corrected chi connectivity index (χ0v) is 16.2. The Kier molecular flexibility index (Phi) is 6.02. The van der Waals surface area contributed by atoms with Crippen LogP contribution in [-0.2, 0) is 6.18 Å². The van der Waals surface area contributed by atoms with Gasteiger partial charge in [0.15, 0.2) is 5.56 Å². The largest absolute Gasteiger partial charge is 0.625 e. The molecule has 160 valence electrons. The van der Waals surface area contributed by atoms with E-state index < -0.39 is 38.5 Å². The second-order valence-electron chi connectivity index (χ2n) is 6.88. The quantitative estimate of drug-likeness (QED) is 0.261. The molecule has 0 bridgehead atoms. The summed E-state index contributed by atoms with van der Waals surface area (Å²) in [7, 11) is 0. The number of piperidine rings is 1. The summed E-state index contributed by atoms with van der Waals surface area (Å²) in [6, 6.07) is 5.68. The summed E-state index contributed by atoms with van der Waals surface area (Å²) in [5.41, 5.74) is -1.94. The highest BCUT2D eigenvalue weighted by Crippen LogP contribution is 2.37. The average Bonchev–Trinajstić information content (AvgIpc) is 2.68. The predicted molar refractivity (Wildman–Crippen MR) is 101 cm³/mol. The number of halogens is 4. The van der Waals surface area contributed by atoms with Crippen LogP contribution in [0.1, 0.15) is 35.2 Å². The Bertz CT molecular complexity index is 991. The molecule has 2 aromatic rings. The number of nitro benzene ring substituents is 1. The van der Waals surface area contributed by atoms with Gasteiger partial charge in [-0.1, -0.05) is 11.6 Å². The summed E-state index contributed by atoms with van der Waals surface area (Å²) in [6.45, 7) is 0.0393. The maximum Gasteiger partial charge on any atom is 0.416 e. The predicted octanol–water partition coefficient (Wildman–Crippen LogP) is 5.70. The molecule has 1 aliphatic heterocycles. The van der Waals surface area contributed by atoms with Gasteiger partial charge >= 0.3 is 12.1 Å². The number of ether oxygens (including phenoxy) is 1. The highest BCUT2D eigenvalue weighted by atomic mass is 35.5. The summed E-state index contributed by atoms with van der Waals surface area (Å²) in [4.78, 5) is 23.4. The van der Waals surface area contributed by atoms with Crippen molar-refractivity contribution < 1.29 is 32.3 Å². The van der Waals surface area contributed by atoms with Gasteiger partial charge < -0.3 is 9.94 Å². The molecule has 0 N–H and O–H groups in total. The van der Waals surface area contributed by atoms with Gasteiger partial charge in [0.05, 0.1) is 28.6 Å². The van der Waals surface area contributed by atoms with Crippen LogP contribution in [-0.4, -0.2) is 28.6 Å². The monoisotopic (exact) mass is 444 g/mol. The Morgan fingerprint density at radius 3 is 2.33 bits per heavy atom. The lowest BCUT2D eigenvalue weighted by atomic mass is 10.1. The number of alkyl halides is 3. The van der Waals surface area contributed by atoms with Crippen molar-refractivity contribution in [2.75, 3.05) is 13.1 Å². The molecule has 30 heavy (non-hydrogen) atoms. The smallest absolute Gasteiger partial charge is 0.416 e. The number of rotatable bonds is 4. The van der Waals surface area contributed by atoms with E-state index in [2.05, 4.69) is 0 Å². The van der Waals surface area contributed by atoms with E-state index in [1.807, 2.05) is 0 Å². The minimum absolute atomic E-state index is 0.0196. The van der Waals surface area contributed by atoms with Crippen LogP contribution in [0.25, 0.3) is 0 Å². The molecule has 1 saturated heterocycles. The first-order valence-corrected chi connectivity index (χ1v) is 9.35. The Morgan fingerprint density at radius 2 is 1.77 bits per heavy atom. The van der Waals surface area contributed by atoms with Crippen molar-refractivity contribution in [1.29, 1.82) is 0 Å². The van der Waals surface area contributed by atoms with Gasteiger partial charge in [0.25, 0.3) is 5.69 Å². The number of carbonyl (C=O) groups is 1. The Hall–Kier alpha value is -2.69. The Morgan fingerprint density at radius 1 is 1.10 bits per heavy atom. The molecular formula is C19H16ClF3N2O5. The third kappa shape index (κ3) is 4.55. The van der Waals surface area contributed by atoms with E-state index >= 15 is 0 Å². The van der Waals surface area contributed by atoms with Crippen LogP contribution >= 0.6 is 11.6 Å². The molecule has 0 radical (unpaired) electrons. The van der Waals surface area contributed by atoms with Crippen molar-refractivity contribution in [3.8, 4) is 11.5 Å². The van der Waals surface area contributed by atoms with Crippen molar-refractivity contribution in [3.63, 3.8) is 0 Å². The Labute approximate surface area is 173 Å². The molecule has 0 saturated carbocycles. The third-order valence-corrected chi connectivity index (χ3v) is 5.09. The van der Waals surface area contributed by atoms with Crippen molar-refractivity contribution in [2.45, 2.75) is 25.4 Å². The summed E-state index contributed by atoms with van der Waals surface area (Å²) >= 11 is 5.86. The molecular weight excluding hydrogens is 429 g/mol. The fourth-order valence-corrected chi connectivity index (χ4v) is 3.46. The molecule has 0 spiro atoms. The van der Waals surface area contributed by atoms with Crippen LogP contribution in [0.4, 0.5) is 18.9 Å². The number of nitro groups is 1. The molecule has 7 nitrogen and oxygen atoms in total. The number of hydrogen-bond acceptors (Lipinski definition) is 5. The number of carbonyl (C=O) groups excluding carboxylic acids is 1. The fourth-order valence-electron chi connectivity index (χ4n) is 3.24. The van der Waals surface area contributed by atoms with Crippen molar-refractivity contribution in [3.05, 3.63) is 67.9 Å². The summed E-state index contributed by atoms with van der Waals surface area (Å²) in [5, 5.41) is 23.9. The first-order chi connectivity index (χ1) is 14.0. The van der Waals surface area contributed by atoms with Crippen LogP contribution < -0.4 is 4.74 Å². The van der Waals surface area contributed by atoms with Crippen LogP contribution in [0.3, 0.4) is 0 Å². The van der Waals surface area contributed by atoms with Crippen molar-refractivity contribution >= 4 is 23.2 Å². The lowest BCUT2D eigenvalue weighted by molar-refractivity contribution is -0.803. The number of quaternary nitrogens is 1. The second-order valence-corrected chi connectivity index (χ2v) is 7.29. The van der Waals surface area contributed by atoms with Crippen LogP contribution in [0.2, 0.25) is 5.02 Å². The maximum atomic E-state index is 12.8. The molecule has 0 aliphatic carbocycles. The van der Waals surface area contributed by atoms with Gasteiger partial charge in [0.2, 0.25) is 0 Å². The minimum atomic E-state index is -4.59. The highest BCUT2D eigenvalue weighted by molar-refractivity contribution is 6.32. The second kappa shape index (κ2) is 8.21. The summed E-state index contributed by atoms with van der Waals surface area (Å²) < 4.78 is 42.5. The third-order valence-electron chi connectivity index (χ3n) is 4.79. The fraction of sp³-hybridized carbons (Fsp3) is 0.316. The van der Waals surface area contributed by atoms with E-state index in [9.17, 15) is 33.3 Å². The molecule has 0 atom stereocenters. The van der Waals surface area contributed by atoms with E-state index in [-0.39, 0.29) is 29.6 Å². The molecule has 3 rings (SSSR count). The van der Waals surface area contributed by atoms with Gasteiger partial charge in [0.1, 0.15) is 11.5 Å². The number of likely N-dealkylation sites (tertiary alicyclic amines) is 1. The standard InChI is InChI=1S/C19H16ClF3N2O5/c20-15-10-12(19(21,22)23)4-7-17(15)30-13-5-6-16(24(27)28)14(11-13)18(26)25(29)8-2-1-3-9-25/h4-7,10-11H,1-3,8-9H2. The van der Waals surface area contributed by atoms with Crippen LogP contribution in [0.15, 0.2) is 36.4 Å². The minimum Gasteiger partial charge on any atom is -0.625 e. The molecule has 0 unspecified atom stereocenters. The maximum absolute atomic E-state index is 12.8. The van der Waals surface area contributed by atoms with Crippen LogP contribution in [0, 0.1) is 15.3 Å². The summed E-state index contributed by atoms with van der Waals surface area (Å²) in [6.07, 6.45) is -2.73. The molecule has 1 aliphatic rings. The lowest BCUT2D eigenvalue weighted by Crippen LogP contribution is -2.51. The normalized spacial score (nSPS) is 16.2. The van der Waals surface area contributed by atoms with E-state index in [0.29, 0.717) is 18.9 Å². The number of amides is 1. The molecule has 0 aromatic heterocycles. The molecule has 1 amide bonds. The van der Waals surface area contributed by atoms with Gasteiger partial charge in [-0.2, -0.15) is 13.2 Å². The zero-order valence-electron chi connectivity index (χ0n) is 15.4. The Balaban J connectivity index is 1.95. The molecule has 11 heteroatoms. The van der Waals surface area contributed by atoms with E-state index in [4.69, 9.17) is 16.3 Å². The van der Waals surface area contributed by atoms with E-state index in [1.54, 1.807) is 0 Å². The molecule has 1 heterocycles. The van der Waals surface area contributed by atoms with Gasteiger partial charge in [0, 0.05) is 12.1 Å². The lowest BCUT2D eigenvalue weighted by Gasteiger charge is -2.42. The number of hydroxylamine groups is 3. The number of hydrogen-bond donors (Lipinski definition) is 0. The van der Waals surface area contributed by atoms with Gasteiger partial charge in [-0.3, -0.25) is 14.8 Å². The highest BCUT2D eigenvalue weighted by Gasteiger charge is 2.36. The average molecular weight is 445 g/mol. The van der Waals surface area contributed by atoms with Gasteiger partial charge in [-0.15, -0.1) is 0 Å². The van der Waals surface area contributed by atoms with E-state index in [1.165, 1.54) is 6.07 Å². The number of benzene rings is 2. The van der Waals surface area contributed by atoms with Crippen molar-refractivity contribution in [1.82, 2.24) is 0 Å². The first kappa shape index (κ1) is 22.0. The molecule has 1 fully saturated rings. The van der Waals surface area contributed by atoms with Crippen molar-refractivity contribution in [2.24, 2.45) is 0 Å². The SMILES string of the molecule is O=C(c1cc(Oc2ccc(C(F)(F)F)cc2Cl)ccc1[N+](=O)[O-])[N+]1([O-])CCCCC1. The number of nitrogens with zero attached hydrogens (tertiary/aromatic N) is 2. The van der Waals surface area contributed by atoms with Gasteiger partial charge in [-0.25, -0.2) is 4.79 Å². The van der Waals surface area contributed by atoms with E-state index in [0.717, 1.165) is 30.7 Å². The molecule has 2 aromatic carbocycles. The topological polar surface area (TPSA) is 92.5 Å². The zero-order chi connectivity index (χ0) is 22.1. The van der Waals surface area contributed by atoms with Gasteiger partial charge in [-0.05, 0) is 43.5 Å².